The number of carbonyl (C=O) groups excluding carboxylic acids is 7. The van der Waals surface area contributed by atoms with E-state index in [0.29, 0.717) is 79.2 Å². The number of alkyl halides is 2. The molecule has 6 N–H and O–H groups in total. The molecule has 0 unspecified atom stereocenters. The fourth-order valence-electron chi connectivity index (χ4n) is 10.7. The molecule has 0 saturated heterocycles. The molecule has 3 aliphatic heterocycles. The predicted octanol–water partition coefficient (Wildman–Crippen LogP) is 7.38. The maximum Gasteiger partial charge on any atom is 0.377 e. The number of rotatable bonds is 13. The molecule has 10 rings (SSSR count). The Morgan fingerprint density at radius 2 is 1.05 bits per heavy atom. The molecule has 3 amide bonds. The van der Waals surface area contributed by atoms with E-state index >= 15 is 0 Å². The number of ketones is 3. The first-order valence-electron chi connectivity index (χ1n) is 24.2. The van der Waals surface area contributed by atoms with Crippen LogP contribution in [0.2, 0.25) is 10.0 Å². The van der Waals surface area contributed by atoms with Crippen molar-refractivity contribution in [2.75, 3.05) is 17.7 Å². The van der Waals surface area contributed by atoms with Crippen LogP contribution in [0.15, 0.2) is 42.6 Å². The molecule has 0 spiro atoms. The molecule has 1 aliphatic carbocycles. The number of carbonyl (C=O) groups is 9. The SMILES string of the molecule is COC(=O)c1c(C)c(C(=O)C(=O)O)c2n1CCC2.Cc1c(C(=O)C(=O)NC2(c3cn[nH]n3)CC(F)(F)C2)c2n(c1C(=O)Nc1ccc(F)c(Cl)c1)CCC2.Cc1c(C(=O)C(=O)O)c2n(c1C(=O)Nc1ccc(F)c(Cl)c1)CCC2. The summed E-state index contributed by atoms with van der Waals surface area (Å²) in [5.41, 5.74) is 2.82. The molecule has 7 heterocycles. The zero-order valence-corrected chi connectivity index (χ0v) is 43.8. The summed E-state index contributed by atoms with van der Waals surface area (Å²) in [7, 11) is 1.26. The van der Waals surface area contributed by atoms with Crippen LogP contribution in [0, 0.1) is 32.4 Å². The van der Waals surface area contributed by atoms with Gasteiger partial charge in [-0.05, 0) is 112 Å². The second-order valence-electron chi connectivity index (χ2n) is 19.0. The van der Waals surface area contributed by atoms with Gasteiger partial charge < -0.3 is 44.6 Å². The summed E-state index contributed by atoms with van der Waals surface area (Å²) in [4.78, 5) is 109. The minimum atomic E-state index is -3.02. The molecule has 21 nitrogen and oxygen atoms in total. The van der Waals surface area contributed by atoms with E-state index in [2.05, 4.69) is 36.1 Å². The smallest absolute Gasteiger partial charge is 0.377 e. The van der Waals surface area contributed by atoms with Gasteiger partial charge in [0.25, 0.3) is 41.0 Å². The number of esters is 1. The average molecular weight is 1140 g/mol. The third kappa shape index (κ3) is 10.8. The van der Waals surface area contributed by atoms with E-state index in [0.717, 1.165) is 25.0 Å². The van der Waals surface area contributed by atoms with Crippen molar-refractivity contribution in [1.29, 1.82) is 0 Å². The van der Waals surface area contributed by atoms with Crippen LogP contribution in [0.4, 0.5) is 28.9 Å². The highest BCUT2D eigenvalue weighted by atomic mass is 35.5. The summed E-state index contributed by atoms with van der Waals surface area (Å²) in [5.74, 6) is -12.9. The van der Waals surface area contributed by atoms with Gasteiger partial charge in [0.1, 0.15) is 34.4 Å². The molecule has 6 aromatic rings. The lowest BCUT2D eigenvalue weighted by atomic mass is 9.71. The summed E-state index contributed by atoms with van der Waals surface area (Å²) in [6, 6.07) is 7.50. The molecular formula is C52H47Cl2F4N9O12. The van der Waals surface area contributed by atoms with Crippen LogP contribution < -0.4 is 16.0 Å². The Morgan fingerprint density at radius 1 is 0.646 bits per heavy atom. The number of anilines is 2. The van der Waals surface area contributed by atoms with Gasteiger partial charge in [0.2, 0.25) is 0 Å². The van der Waals surface area contributed by atoms with Crippen molar-refractivity contribution in [3.8, 4) is 0 Å². The van der Waals surface area contributed by atoms with E-state index in [9.17, 15) is 60.7 Å². The van der Waals surface area contributed by atoms with Crippen molar-refractivity contribution in [2.24, 2.45) is 0 Å². The second kappa shape index (κ2) is 22.1. The van der Waals surface area contributed by atoms with E-state index < -0.39 is 88.9 Å². The maximum atomic E-state index is 13.8. The number of nitrogens with one attached hydrogen (secondary N) is 4. The van der Waals surface area contributed by atoms with Crippen LogP contribution in [0.5, 0.6) is 0 Å². The zero-order valence-electron chi connectivity index (χ0n) is 42.3. The Balaban J connectivity index is 0.000000166. The normalized spacial score (nSPS) is 14.9. The van der Waals surface area contributed by atoms with Crippen LogP contribution in [-0.4, -0.2) is 105 Å². The van der Waals surface area contributed by atoms with E-state index in [-0.39, 0.29) is 60.8 Å². The van der Waals surface area contributed by atoms with Gasteiger partial charge in [-0.15, -0.1) is 0 Å². The van der Waals surface area contributed by atoms with Crippen molar-refractivity contribution in [3.05, 3.63) is 138 Å². The van der Waals surface area contributed by atoms with Crippen molar-refractivity contribution in [2.45, 2.75) is 103 Å². The average Bonchev–Trinajstić information content (AvgIpc) is 4.46. The van der Waals surface area contributed by atoms with Gasteiger partial charge in [-0.25, -0.2) is 31.9 Å². The molecule has 1 saturated carbocycles. The lowest BCUT2D eigenvalue weighted by Crippen LogP contribution is -2.61. The lowest BCUT2D eigenvalue weighted by Gasteiger charge is -2.46. The number of aliphatic carboxylic acids is 2. The fourth-order valence-corrected chi connectivity index (χ4v) is 11.1. The van der Waals surface area contributed by atoms with Gasteiger partial charge in [-0.1, -0.05) is 23.2 Å². The number of carboxylic acids is 2. The number of fused-ring (bicyclic) bond motifs is 3. The predicted molar refractivity (Wildman–Crippen MR) is 271 cm³/mol. The number of aromatic nitrogens is 6. The number of methoxy groups -OCH3 is 1. The highest BCUT2D eigenvalue weighted by Gasteiger charge is 2.60. The van der Waals surface area contributed by atoms with Crippen LogP contribution >= 0.6 is 23.2 Å². The Kier molecular flexibility index (Phi) is 15.9. The number of halogens is 6. The van der Waals surface area contributed by atoms with E-state index in [1.807, 2.05) is 0 Å². The van der Waals surface area contributed by atoms with Gasteiger partial charge in [0.05, 0.1) is 45.6 Å². The number of benzene rings is 2. The summed E-state index contributed by atoms with van der Waals surface area (Å²) in [6.45, 7) is 6.25. The molecule has 0 radical (unpaired) electrons. The molecule has 79 heavy (non-hydrogen) atoms. The van der Waals surface area contributed by atoms with Crippen LogP contribution in [0.1, 0.15) is 134 Å². The molecule has 4 aliphatic rings. The summed E-state index contributed by atoms with van der Waals surface area (Å²) >= 11 is 11.5. The zero-order chi connectivity index (χ0) is 57.6. The highest BCUT2D eigenvalue weighted by molar-refractivity contribution is 6.44. The lowest BCUT2D eigenvalue weighted by molar-refractivity contribution is -0.148. The molecule has 0 atom stereocenters. The maximum absolute atomic E-state index is 13.8. The molecule has 2 aromatic carbocycles. The first-order chi connectivity index (χ1) is 37.3. The Bertz CT molecular complexity index is 3580. The topological polar surface area (TPSA) is 296 Å². The van der Waals surface area contributed by atoms with Gasteiger partial charge in [0, 0.05) is 60.9 Å². The van der Waals surface area contributed by atoms with Gasteiger partial charge in [0.15, 0.2) is 0 Å². The summed E-state index contributed by atoms with van der Waals surface area (Å²) in [6.07, 6.45) is 3.55. The molecule has 27 heteroatoms. The highest BCUT2D eigenvalue weighted by Crippen LogP contribution is 2.51. The number of nitrogens with zero attached hydrogens (tertiary/aromatic N) is 5. The number of aromatic amines is 1. The fraction of sp³-hybridized carbons (Fsp3) is 0.327. The largest absolute Gasteiger partial charge is 0.475 e. The first-order valence-corrected chi connectivity index (χ1v) is 25.0. The number of carboxylic acid groups (broad SMARTS) is 2. The van der Waals surface area contributed by atoms with Crippen molar-refractivity contribution >= 4 is 87.6 Å². The third-order valence-electron chi connectivity index (χ3n) is 14.0. The standard InChI is InChI=1S/C23H20ClF3N6O3.C17H14ClFN2O4.C12H13NO5/c1-11-17(19(34)21(36)30-22(9-23(26,27)10-22)16-8-28-32-31-16)15-3-2-6-33(15)18(11)20(35)29-12-4-5-14(25)13(24)7-12;1-8-13(15(22)17(24)25)12-3-2-6-21(12)14(8)16(23)20-9-4-5-11(19)10(18)7-9;1-6-8(10(14)11(15)16)7-4-3-5-13(7)9(6)12(17)18-2/h4-5,7-8H,2-3,6,9-10H2,1H3,(H,29,35)(H,30,36)(H,28,31,32);4-5,7H,2-3,6H2,1H3,(H,20,23)(H,24,25);3-5H2,1-2H3,(H,15,16). The van der Waals surface area contributed by atoms with E-state index in [1.54, 1.807) is 34.5 Å². The van der Waals surface area contributed by atoms with Crippen molar-refractivity contribution in [3.63, 3.8) is 0 Å². The molecule has 414 valence electrons. The summed E-state index contributed by atoms with van der Waals surface area (Å²) < 4.78 is 64.0. The second-order valence-corrected chi connectivity index (χ2v) is 19.8. The molecule has 1 fully saturated rings. The number of Topliss-reactive ketones (excluding diaryl/α,β-unsaturated/α-hetero) is 3. The number of H-pyrrole nitrogens is 1. The minimum Gasteiger partial charge on any atom is -0.475 e. The van der Waals surface area contributed by atoms with E-state index in [4.69, 9.17) is 33.4 Å². The summed E-state index contributed by atoms with van der Waals surface area (Å²) in [5, 5.41) is 35.0. The number of hydrogen-bond acceptors (Lipinski definition) is 12. The van der Waals surface area contributed by atoms with Crippen LogP contribution in [0.3, 0.4) is 0 Å². The van der Waals surface area contributed by atoms with E-state index in [1.165, 1.54) is 37.6 Å². The van der Waals surface area contributed by atoms with Crippen LogP contribution in [0.25, 0.3) is 0 Å². The third-order valence-corrected chi connectivity index (χ3v) is 14.6. The van der Waals surface area contributed by atoms with Gasteiger partial charge >= 0.3 is 17.9 Å². The number of ether oxygens (including phenoxy) is 1. The minimum absolute atomic E-state index is 0.0636. The van der Waals surface area contributed by atoms with Crippen LogP contribution in [-0.2, 0) is 63.6 Å². The Labute approximate surface area is 454 Å². The monoisotopic (exact) mass is 1140 g/mol. The first kappa shape index (κ1) is 56.7. The van der Waals surface area contributed by atoms with Gasteiger partial charge in [-0.2, -0.15) is 15.4 Å². The number of amides is 3. The molecule has 0 bridgehead atoms. The van der Waals surface area contributed by atoms with Crippen molar-refractivity contribution in [1.82, 2.24) is 34.4 Å². The van der Waals surface area contributed by atoms with Gasteiger partial charge in [-0.3, -0.25) is 28.8 Å². The molecule has 4 aromatic heterocycles. The Hall–Kier alpha value is -8.45. The number of hydrogen-bond donors (Lipinski definition) is 6. The van der Waals surface area contributed by atoms with Crippen molar-refractivity contribution < 1.29 is 75.7 Å². The Morgan fingerprint density at radius 3 is 1.42 bits per heavy atom. The molecular weight excluding hydrogens is 1090 g/mol. The quantitative estimate of drug-likeness (QED) is 0.0285.